The van der Waals surface area contributed by atoms with Crippen LogP contribution in [0.3, 0.4) is 0 Å². The molecule has 0 aliphatic carbocycles. The largest absolute Gasteiger partial charge is 0.463 e. The van der Waals surface area contributed by atoms with Gasteiger partial charge in [-0.3, -0.25) is 4.79 Å². The molecule has 4 nitrogen and oxygen atoms in total. The minimum absolute atomic E-state index is 0.401. The Hall–Kier alpha value is -1.06. The zero-order valence-corrected chi connectivity index (χ0v) is 9.04. The Bertz CT molecular complexity index is 189. The van der Waals surface area contributed by atoms with Crippen molar-refractivity contribution in [1.29, 1.82) is 0 Å². The highest BCUT2D eigenvalue weighted by molar-refractivity contribution is 5.78. The summed E-state index contributed by atoms with van der Waals surface area (Å²) < 4.78 is 9.55. The summed E-state index contributed by atoms with van der Waals surface area (Å²) in [4.78, 5) is 21.6. The Labute approximate surface area is 84.6 Å². The highest BCUT2D eigenvalue weighted by Gasteiger charge is 2.16. The van der Waals surface area contributed by atoms with Crippen molar-refractivity contribution in [3.05, 3.63) is 0 Å². The molecule has 0 saturated carbocycles. The van der Waals surface area contributed by atoms with Gasteiger partial charge in [0.15, 0.2) is 6.10 Å². The zero-order valence-electron chi connectivity index (χ0n) is 9.04. The minimum atomic E-state index is -0.797. The van der Waals surface area contributed by atoms with Crippen LogP contribution in [0.4, 0.5) is 0 Å². The van der Waals surface area contributed by atoms with Gasteiger partial charge in [0.2, 0.25) is 0 Å². The van der Waals surface area contributed by atoms with Crippen molar-refractivity contribution >= 4 is 11.9 Å². The van der Waals surface area contributed by atoms with Gasteiger partial charge in [0.05, 0.1) is 6.61 Å². The number of rotatable bonds is 6. The molecule has 0 aromatic rings. The average molecular weight is 202 g/mol. The van der Waals surface area contributed by atoms with Crippen molar-refractivity contribution in [3.8, 4) is 0 Å². The lowest BCUT2D eigenvalue weighted by Crippen LogP contribution is -2.25. The molecular formula is C10H18O4. The van der Waals surface area contributed by atoms with Gasteiger partial charge in [-0.25, -0.2) is 4.79 Å². The molecule has 0 N–H and O–H groups in total. The summed E-state index contributed by atoms with van der Waals surface area (Å²) in [5.74, 6) is -0.945. The first-order valence-corrected chi connectivity index (χ1v) is 4.91. The molecule has 0 bridgehead atoms. The molecule has 0 aromatic carbocycles. The van der Waals surface area contributed by atoms with Crippen molar-refractivity contribution in [1.82, 2.24) is 0 Å². The third-order valence-electron chi connectivity index (χ3n) is 1.67. The number of hydrogen-bond donors (Lipinski definition) is 0. The lowest BCUT2D eigenvalue weighted by Gasteiger charge is -2.10. The van der Waals surface area contributed by atoms with Gasteiger partial charge < -0.3 is 9.47 Å². The molecule has 0 fully saturated rings. The number of carbonyl (C=O) groups is 2. The summed E-state index contributed by atoms with van der Waals surface area (Å²) in [5, 5.41) is 0. The van der Waals surface area contributed by atoms with Crippen LogP contribution in [0.2, 0.25) is 0 Å². The van der Waals surface area contributed by atoms with Gasteiger partial charge in [0, 0.05) is 6.92 Å². The third-order valence-corrected chi connectivity index (χ3v) is 1.67. The van der Waals surface area contributed by atoms with E-state index in [9.17, 15) is 9.59 Å². The molecular weight excluding hydrogens is 184 g/mol. The van der Waals surface area contributed by atoms with Gasteiger partial charge in [-0.15, -0.1) is 0 Å². The number of hydrogen-bond acceptors (Lipinski definition) is 4. The van der Waals surface area contributed by atoms with Crippen LogP contribution in [0, 0.1) is 0 Å². The minimum Gasteiger partial charge on any atom is -0.463 e. The van der Waals surface area contributed by atoms with Crippen LogP contribution in [0.1, 0.15) is 40.0 Å². The molecule has 0 spiro atoms. The number of esters is 2. The van der Waals surface area contributed by atoms with Crippen LogP contribution in [0.5, 0.6) is 0 Å². The second-order valence-electron chi connectivity index (χ2n) is 3.13. The molecule has 0 saturated heterocycles. The molecule has 0 rings (SSSR count). The second kappa shape index (κ2) is 7.35. The molecule has 0 aliphatic heterocycles. The Kier molecular flexibility index (Phi) is 6.80. The van der Waals surface area contributed by atoms with Crippen LogP contribution in [-0.2, 0) is 19.1 Å². The van der Waals surface area contributed by atoms with E-state index in [-0.39, 0.29) is 0 Å². The van der Waals surface area contributed by atoms with Crippen LogP contribution in [0.25, 0.3) is 0 Å². The molecule has 14 heavy (non-hydrogen) atoms. The normalized spacial score (nSPS) is 11.9. The van der Waals surface area contributed by atoms with E-state index in [1.807, 2.05) is 0 Å². The Morgan fingerprint density at radius 1 is 1.29 bits per heavy atom. The fraction of sp³-hybridized carbons (Fsp3) is 0.800. The summed E-state index contributed by atoms with van der Waals surface area (Å²) in [6.45, 7) is 5.24. The number of ether oxygens (including phenoxy) is 2. The maximum atomic E-state index is 11.1. The van der Waals surface area contributed by atoms with E-state index in [1.54, 1.807) is 0 Å². The van der Waals surface area contributed by atoms with Crippen LogP contribution >= 0.6 is 0 Å². The topological polar surface area (TPSA) is 52.6 Å². The van der Waals surface area contributed by atoms with Crippen molar-refractivity contribution < 1.29 is 19.1 Å². The van der Waals surface area contributed by atoms with Crippen molar-refractivity contribution in [2.75, 3.05) is 6.61 Å². The van der Waals surface area contributed by atoms with E-state index in [4.69, 9.17) is 4.74 Å². The molecule has 0 aromatic heterocycles. The first-order valence-electron chi connectivity index (χ1n) is 4.91. The highest BCUT2D eigenvalue weighted by Crippen LogP contribution is 1.99. The SMILES string of the molecule is CCCCCOC(=O)C(C)OC(C)=O. The maximum Gasteiger partial charge on any atom is 0.347 e. The standard InChI is InChI=1S/C10H18O4/c1-4-5-6-7-13-10(12)8(2)14-9(3)11/h8H,4-7H2,1-3H3. The fourth-order valence-electron chi connectivity index (χ4n) is 0.939. The van der Waals surface area contributed by atoms with Gasteiger partial charge >= 0.3 is 11.9 Å². The van der Waals surface area contributed by atoms with E-state index < -0.39 is 18.0 Å². The maximum absolute atomic E-state index is 11.1. The van der Waals surface area contributed by atoms with Crippen molar-refractivity contribution in [2.24, 2.45) is 0 Å². The van der Waals surface area contributed by atoms with Crippen LogP contribution in [-0.4, -0.2) is 24.6 Å². The third kappa shape index (κ3) is 6.46. The number of unbranched alkanes of at least 4 members (excludes halogenated alkanes) is 2. The molecule has 82 valence electrons. The fourth-order valence-corrected chi connectivity index (χ4v) is 0.939. The van der Waals surface area contributed by atoms with E-state index in [0.29, 0.717) is 6.61 Å². The van der Waals surface area contributed by atoms with Crippen molar-refractivity contribution in [2.45, 2.75) is 46.1 Å². The smallest absolute Gasteiger partial charge is 0.347 e. The summed E-state index contributed by atoms with van der Waals surface area (Å²) in [6, 6.07) is 0. The molecule has 0 radical (unpaired) electrons. The van der Waals surface area contributed by atoms with Gasteiger partial charge in [-0.05, 0) is 13.3 Å². The lowest BCUT2D eigenvalue weighted by atomic mass is 10.3. The van der Waals surface area contributed by atoms with E-state index >= 15 is 0 Å². The summed E-state index contributed by atoms with van der Waals surface area (Å²) in [5.41, 5.74) is 0. The Morgan fingerprint density at radius 2 is 1.93 bits per heavy atom. The summed E-state index contributed by atoms with van der Waals surface area (Å²) in [7, 11) is 0. The predicted octanol–water partition coefficient (Wildman–Crippen LogP) is 1.67. The first kappa shape index (κ1) is 12.9. The molecule has 0 heterocycles. The molecule has 1 atom stereocenters. The first-order chi connectivity index (χ1) is 6.57. The van der Waals surface area contributed by atoms with Crippen LogP contribution < -0.4 is 0 Å². The number of carbonyl (C=O) groups excluding carboxylic acids is 2. The van der Waals surface area contributed by atoms with E-state index in [0.717, 1.165) is 19.3 Å². The van der Waals surface area contributed by atoms with E-state index in [2.05, 4.69) is 11.7 Å². The van der Waals surface area contributed by atoms with Crippen LogP contribution in [0.15, 0.2) is 0 Å². The van der Waals surface area contributed by atoms with Gasteiger partial charge in [-0.1, -0.05) is 19.8 Å². The summed E-state index contributed by atoms with van der Waals surface area (Å²) in [6.07, 6.45) is 2.18. The second-order valence-corrected chi connectivity index (χ2v) is 3.13. The zero-order chi connectivity index (χ0) is 11.0. The highest BCUT2D eigenvalue weighted by atomic mass is 16.6. The van der Waals surface area contributed by atoms with Gasteiger partial charge in [0.25, 0.3) is 0 Å². The summed E-state index contributed by atoms with van der Waals surface area (Å²) >= 11 is 0. The Morgan fingerprint density at radius 3 is 2.43 bits per heavy atom. The monoisotopic (exact) mass is 202 g/mol. The van der Waals surface area contributed by atoms with Crippen molar-refractivity contribution in [3.63, 3.8) is 0 Å². The molecule has 0 amide bonds. The van der Waals surface area contributed by atoms with Gasteiger partial charge in [0.1, 0.15) is 0 Å². The molecule has 4 heteroatoms. The van der Waals surface area contributed by atoms with E-state index in [1.165, 1.54) is 13.8 Å². The lowest BCUT2D eigenvalue weighted by molar-refractivity contribution is -0.165. The Balaban J connectivity index is 3.57. The average Bonchev–Trinajstić information content (AvgIpc) is 2.11. The molecule has 1 unspecified atom stereocenters. The van der Waals surface area contributed by atoms with Gasteiger partial charge in [-0.2, -0.15) is 0 Å². The predicted molar refractivity (Wildman–Crippen MR) is 51.7 cm³/mol. The quantitative estimate of drug-likeness (QED) is 0.485. The molecule has 0 aliphatic rings.